The number of rotatable bonds is 5. The minimum Gasteiger partial charge on any atom is -0.290 e. The standard InChI is InChI=1S/C18H16Cl3N3O4.C7H7ClN2OS/c1-18(2,3)23(17(26)10-6-4-5-7-13(10)24(27)28)22-16(25)11-8-9-12(19)15(21)14(11)20;8-12-6-3-1-5(2-4-6)7(11)10-9/h4-9H,1-3H3,(H,22,25);1-4H,9H2,(H,10,11). The zero-order valence-corrected chi connectivity index (χ0v) is 25.0. The average molecular weight is 647 g/mol. The molecule has 0 unspecified atom stereocenters. The van der Waals surface area contributed by atoms with Crippen LogP contribution in [0.25, 0.3) is 0 Å². The monoisotopic (exact) mass is 645 g/mol. The molecular formula is C25H23Cl4N5O5S. The molecule has 15 heteroatoms. The Morgan fingerprint density at radius 2 is 1.50 bits per heavy atom. The molecule has 10 nitrogen and oxygen atoms in total. The van der Waals surface area contributed by atoms with Gasteiger partial charge in [-0.05, 0) is 84.9 Å². The van der Waals surface area contributed by atoms with Crippen molar-refractivity contribution in [2.24, 2.45) is 5.84 Å². The van der Waals surface area contributed by atoms with Crippen LogP contribution < -0.4 is 16.7 Å². The van der Waals surface area contributed by atoms with Crippen molar-refractivity contribution < 1.29 is 19.3 Å². The predicted octanol–water partition coefficient (Wildman–Crippen LogP) is 6.68. The summed E-state index contributed by atoms with van der Waals surface area (Å²) >= 11 is 17.9. The van der Waals surface area contributed by atoms with E-state index in [0.29, 0.717) is 5.56 Å². The fourth-order valence-corrected chi connectivity index (χ4v) is 4.23. The third-order valence-electron chi connectivity index (χ3n) is 5.03. The van der Waals surface area contributed by atoms with Gasteiger partial charge in [-0.25, -0.2) is 10.9 Å². The second kappa shape index (κ2) is 14.5. The molecule has 3 amide bonds. The Kier molecular flexibility index (Phi) is 12.0. The van der Waals surface area contributed by atoms with Crippen molar-refractivity contribution in [3.63, 3.8) is 0 Å². The van der Waals surface area contributed by atoms with Gasteiger partial charge < -0.3 is 0 Å². The normalized spacial score (nSPS) is 10.6. The minimum atomic E-state index is -0.904. The number of hydrazine groups is 2. The summed E-state index contributed by atoms with van der Waals surface area (Å²) in [5, 5.41) is 12.4. The van der Waals surface area contributed by atoms with E-state index in [1.54, 1.807) is 45.0 Å². The molecule has 3 aromatic rings. The molecule has 0 aliphatic heterocycles. The van der Waals surface area contributed by atoms with Gasteiger partial charge in [0.05, 0.1) is 31.1 Å². The number of nitrogens with two attached hydrogens (primary N) is 1. The van der Waals surface area contributed by atoms with Gasteiger partial charge in [0.1, 0.15) is 5.56 Å². The molecule has 0 fully saturated rings. The molecule has 0 saturated heterocycles. The van der Waals surface area contributed by atoms with Gasteiger partial charge >= 0.3 is 0 Å². The van der Waals surface area contributed by atoms with Gasteiger partial charge in [0.25, 0.3) is 23.4 Å². The number of nitro groups is 1. The summed E-state index contributed by atoms with van der Waals surface area (Å²) in [5.41, 5.74) is 3.58. The highest BCUT2D eigenvalue weighted by Gasteiger charge is 2.33. The van der Waals surface area contributed by atoms with E-state index in [1.165, 1.54) is 36.4 Å². The summed E-state index contributed by atoms with van der Waals surface area (Å²) in [5.74, 6) is 3.18. The smallest absolute Gasteiger partial charge is 0.282 e. The van der Waals surface area contributed by atoms with Gasteiger partial charge in [-0.3, -0.25) is 35.3 Å². The Bertz CT molecular complexity index is 1420. The van der Waals surface area contributed by atoms with Crippen molar-refractivity contribution in [3.05, 3.63) is 103 Å². The topological polar surface area (TPSA) is 148 Å². The van der Waals surface area contributed by atoms with Crippen molar-refractivity contribution in [1.29, 1.82) is 0 Å². The molecule has 0 aliphatic rings. The van der Waals surface area contributed by atoms with Crippen LogP contribution in [0.4, 0.5) is 5.69 Å². The Labute approximate surface area is 253 Å². The molecule has 0 aliphatic carbocycles. The lowest BCUT2D eigenvalue weighted by Crippen LogP contribution is -2.56. The van der Waals surface area contributed by atoms with E-state index < -0.39 is 22.3 Å². The molecule has 0 heterocycles. The van der Waals surface area contributed by atoms with Crippen LogP contribution in [0.2, 0.25) is 15.1 Å². The number of nitro benzene ring substituents is 1. The third kappa shape index (κ3) is 8.47. The van der Waals surface area contributed by atoms with Crippen LogP contribution in [0, 0.1) is 10.1 Å². The quantitative estimate of drug-likeness (QED) is 0.0921. The summed E-state index contributed by atoms with van der Waals surface area (Å²) in [4.78, 5) is 48.2. The van der Waals surface area contributed by atoms with E-state index in [-0.39, 0.29) is 37.8 Å². The van der Waals surface area contributed by atoms with Crippen molar-refractivity contribution in [2.45, 2.75) is 31.2 Å². The van der Waals surface area contributed by atoms with Gasteiger partial charge in [0, 0.05) is 16.5 Å². The van der Waals surface area contributed by atoms with Crippen LogP contribution in [-0.2, 0) is 0 Å². The zero-order valence-electron chi connectivity index (χ0n) is 21.2. The van der Waals surface area contributed by atoms with E-state index in [2.05, 4.69) is 5.43 Å². The van der Waals surface area contributed by atoms with Crippen molar-refractivity contribution in [3.8, 4) is 0 Å². The third-order valence-corrected chi connectivity index (χ3v) is 7.31. The molecule has 0 radical (unpaired) electrons. The van der Waals surface area contributed by atoms with Gasteiger partial charge in [-0.15, -0.1) is 0 Å². The zero-order chi connectivity index (χ0) is 30.2. The SMILES string of the molecule is CC(C)(C)N(NC(=O)c1ccc(Cl)c(Cl)c1Cl)C(=O)c1ccccc1[N+](=O)[O-].NNC(=O)c1ccc(SCl)cc1. The molecular weight excluding hydrogens is 624 g/mol. The second-order valence-corrected chi connectivity index (χ2v) is 11.1. The summed E-state index contributed by atoms with van der Waals surface area (Å²) in [6.45, 7) is 4.99. The van der Waals surface area contributed by atoms with Gasteiger partial charge in [0.15, 0.2) is 0 Å². The van der Waals surface area contributed by atoms with Crippen LogP contribution in [-0.4, -0.2) is 33.2 Å². The number of para-hydroxylation sites is 1. The molecule has 3 rings (SSSR count). The lowest BCUT2D eigenvalue weighted by molar-refractivity contribution is -0.385. The Balaban J connectivity index is 0.000000389. The number of hydrogen-bond donors (Lipinski definition) is 3. The molecule has 40 heavy (non-hydrogen) atoms. The van der Waals surface area contributed by atoms with Crippen LogP contribution in [0.15, 0.2) is 65.6 Å². The van der Waals surface area contributed by atoms with E-state index in [1.807, 2.05) is 5.43 Å². The molecule has 212 valence electrons. The number of nitrogen functional groups attached to an aromatic ring is 1. The molecule has 0 atom stereocenters. The van der Waals surface area contributed by atoms with Crippen molar-refractivity contribution >= 4 is 79.9 Å². The van der Waals surface area contributed by atoms with Gasteiger partial charge in [0.2, 0.25) is 0 Å². The number of benzene rings is 3. The number of halogens is 4. The number of amides is 3. The summed E-state index contributed by atoms with van der Waals surface area (Å²) in [6, 6.07) is 15.1. The molecule has 3 aromatic carbocycles. The number of carbonyl (C=O) groups excluding carboxylic acids is 3. The van der Waals surface area contributed by atoms with E-state index in [4.69, 9.17) is 51.3 Å². The first-order valence-electron chi connectivity index (χ1n) is 11.1. The summed E-state index contributed by atoms with van der Waals surface area (Å²) in [7, 11) is 6.59. The Hall–Kier alpha value is -3.06. The first kappa shape index (κ1) is 33.1. The van der Waals surface area contributed by atoms with Crippen molar-refractivity contribution in [2.75, 3.05) is 0 Å². The number of nitrogens with one attached hydrogen (secondary N) is 2. The highest BCUT2D eigenvalue weighted by Crippen LogP contribution is 2.33. The van der Waals surface area contributed by atoms with Crippen LogP contribution >= 0.6 is 56.5 Å². The van der Waals surface area contributed by atoms with Crippen LogP contribution in [0.1, 0.15) is 51.8 Å². The fraction of sp³-hybridized carbons (Fsp3) is 0.160. The Morgan fingerprint density at radius 1 is 0.900 bits per heavy atom. The second-order valence-electron chi connectivity index (χ2n) is 8.82. The van der Waals surface area contributed by atoms with Crippen molar-refractivity contribution in [1.82, 2.24) is 15.9 Å². The minimum absolute atomic E-state index is 0.000628. The molecule has 0 spiro atoms. The predicted molar refractivity (Wildman–Crippen MR) is 158 cm³/mol. The maximum absolute atomic E-state index is 13.0. The number of nitrogens with zero attached hydrogens (tertiary/aromatic N) is 2. The summed E-state index contributed by atoms with van der Waals surface area (Å²) in [6.07, 6.45) is 0. The van der Waals surface area contributed by atoms with Crippen LogP contribution in [0.3, 0.4) is 0 Å². The highest BCUT2D eigenvalue weighted by molar-refractivity contribution is 8.21. The first-order chi connectivity index (χ1) is 18.7. The van der Waals surface area contributed by atoms with Gasteiger partial charge in [-0.2, -0.15) is 0 Å². The highest BCUT2D eigenvalue weighted by atomic mass is 35.7. The van der Waals surface area contributed by atoms with E-state index in [9.17, 15) is 24.5 Å². The van der Waals surface area contributed by atoms with E-state index in [0.717, 1.165) is 20.9 Å². The maximum atomic E-state index is 13.0. The first-order valence-corrected chi connectivity index (χ1v) is 13.9. The number of hydrogen-bond acceptors (Lipinski definition) is 7. The average Bonchev–Trinajstić information content (AvgIpc) is 2.93. The maximum Gasteiger partial charge on any atom is 0.282 e. The van der Waals surface area contributed by atoms with Crippen LogP contribution in [0.5, 0.6) is 0 Å². The molecule has 4 N–H and O–H groups in total. The number of carbonyl (C=O) groups is 3. The molecule has 0 saturated carbocycles. The summed E-state index contributed by atoms with van der Waals surface area (Å²) < 4.78 is 0. The fourth-order valence-electron chi connectivity index (χ4n) is 3.06. The largest absolute Gasteiger partial charge is 0.290 e. The lowest BCUT2D eigenvalue weighted by atomic mass is 10.1. The Morgan fingerprint density at radius 3 is 2.02 bits per heavy atom. The van der Waals surface area contributed by atoms with E-state index >= 15 is 0 Å². The van der Waals surface area contributed by atoms with Gasteiger partial charge in [-0.1, -0.05) is 46.9 Å². The lowest BCUT2D eigenvalue weighted by Gasteiger charge is -2.35. The molecule has 0 bridgehead atoms. The molecule has 0 aromatic heterocycles.